The van der Waals surface area contributed by atoms with Crippen LogP contribution in [0.25, 0.3) is 0 Å². The minimum absolute atomic E-state index is 0. The van der Waals surface area contributed by atoms with E-state index < -0.39 is 20.2 Å². The average molecular weight is 1330 g/mol. The van der Waals surface area contributed by atoms with Gasteiger partial charge in [0.25, 0.3) is 0 Å². The van der Waals surface area contributed by atoms with E-state index in [9.17, 15) is 13.5 Å². The van der Waals surface area contributed by atoms with Crippen LogP contribution in [0.4, 0.5) is 0 Å². The van der Waals surface area contributed by atoms with Crippen LogP contribution < -0.4 is 0 Å². The number of aliphatic hydroxyl groups is 1. The number of hydrogen-bond acceptors (Lipinski definition) is 12. The van der Waals surface area contributed by atoms with Crippen molar-refractivity contribution in [2.75, 3.05) is 32.6 Å². The van der Waals surface area contributed by atoms with Crippen molar-refractivity contribution in [1.82, 2.24) is 39.8 Å². The minimum Gasteiger partial charge on any atom is -0.384 e. The Hall–Kier alpha value is -6.12. The number of rotatable bonds is 14. The van der Waals surface area contributed by atoms with E-state index in [1.807, 2.05) is 62.9 Å². The van der Waals surface area contributed by atoms with Gasteiger partial charge in [0.05, 0.1) is 30.3 Å². The standard InChI is InChI=1S/C14H22N2O.C12H19NO2S.C12H19N.C11H17NO.C11H17N.2C10H15N.2CH4/c1-11(2)13-4-5-15-14(10-13)12(3)16-6-8-17-9-7-16;1-9(2)10-6-7-13-11(8-10)12(3,4)16(5,14)15;1-9(2)10-6-7-13-11(8-10)12(3,4)5;1-8(2)9-5-6-12-10(7-9)11(3,4)13;1-8(2)10-5-6-12-11(7-10)9(3)4;1-7(2)10-5-8(3)11-9(4)6-10;1-4-10-7-9(8(2)3)5-6-11-10;;/h4-5,10-12H,6-9H2,1-3H3;6-9H,1-5H3;6-9H,1-5H3;5-8,13H,1-4H3;5-9H,1-4H3;5-7H,1-4H3;5-8H,4H2,1-3H3;2*1H4. The summed E-state index contributed by atoms with van der Waals surface area (Å²) in [6.07, 6.45) is 13.4. The lowest BCUT2D eigenvalue weighted by molar-refractivity contribution is 0.0190. The molecule has 7 aromatic rings. The van der Waals surface area contributed by atoms with Crippen molar-refractivity contribution in [3.63, 3.8) is 0 Å². The summed E-state index contributed by atoms with van der Waals surface area (Å²) in [5, 5.41) is 9.73. The molecule has 0 bridgehead atoms. The van der Waals surface area contributed by atoms with Gasteiger partial charge in [-0.05, 0) is 226 Å². The van der Waals surface area contributed by atoms with Crippen molar-refractivity contribution < 1.29 is 18.3 Å². The van der Waals surface area contributed by atoms with E-state index in [4.69, 9.17) is 4.74 Å². The van der Waals surface area contributed by atoms with Crippen molar-refractivity contribution in [3.05, 3.63) is 207 Å². The van der Waals surface area contributed by atoms with Gasteiger partial charge in [0.2, 0.25) is 0 Å². The summed E-state index contributed by atoms with van der Waals surface area (Å²) in [6, 6.07) is 29.7. The smallest absolute Gasteiger partial charge is 0.158 e. The highest BCUT2D eigenvalue weighted by molar-refractivity contribution is 7.91. The lowest BCUT2D eigenvalue weighted by Crippen LogP contribution is -2.38. The molecule has 0 amide bonds. The van der Waals surface area contributed by atoms with Gasteiger partial charge in [-0.15, -0.1) is 0 Å². The van der Waals surface area contributed by atoms with Gasteiger partial charge in [-0.1, -0.05) is 153 Å². The highest BCUT2D eigenvalue weighted by Gasteiger charge is 2.34. The van der Waals surface area contributed by atoms with Gasteiger partial charge in [0.1, 0.15) is 10.3 Å². The Morgan fingerprint density at radius 3 is 1.14 bits per heavy atom. The van der Waals surface area contributed by atoms with E-state index in [-0.39, 0.29) is 20.3 Å². The zero-order valence-corrected chi connectivity index (χ0v) is 63.8. The van der Waals surface area contributed by atoms with Crippen LogP contribution in [-0.4, -0.2) is 85.9 Å². The normalized spacial score (nSPS) is 12.9. The Morgan fingerprint density at radius 2 is 0.768 bits per heavy atom. The molecule has 1 saturated heterocycles. The van der Waals surface area contributed by atoms with Crippen molar-refractivity contribution >= 4 is 9.84 Å². The molecule has 1 atom stereocenters. The number of pyridine rings is 7. The molecule has 1 aliphatic rings. The second-order valence-corrected chi connectivity index (χ2v) is 31.8. The molecule has 0 radical (unpaired) electrons. The van der Waals surface area contributed by atoms with E-state index in [2.05, 4.69) is 246 Å². The van der Waals surface area contributed by atoms with Crippen LogP contribution in [0.2, 0.25) is 0 Å². The van der Waals surface area contributed by atoms with Gasteiger partial charge in [-0.2, -0.15) is 0 Å². The van der Waals surface area contributed by atoms with Crippen LogP contribution in [0.15, 0.2) is 122 Å². The maximum absolute atomic E-state index is 11.7. The second-order valence-electron chi connectivity index (χ2n) is 29.2. The molecule has 8 rings (SSSR count). The largest absolute Gasteiger partial charge is 0.384 e. The predicted molar refractivity (Wildman–Crippen MR) is 407 cm³/mol. The maximum Gasteiger partial charge on any atom is 0.158 e. The average Bonchev–Trinajstić information content (AvgIpc) is 0.841. The van der Waals surface area contributed by atoms with Crippen molar-refractivity contribution in [2.24, 2.45) is 0 Å². The molecule has 0 aromatic carbocycles. The van der Waals surface area contributed by atoms with Crippen molar-refractivity contribution in [1.29, 1.82) is 0 Å². The monoisotopic (exact) mass is 1330 g/mol. The zero-order chi connectivity index (χ0) is 70.8. The number of hydrogen-bond donors (Lipinski definition) is 1. The third kappa shape index (κ3) is 31.7. The van der Waals surface area contributed by atoms with Gasteiger partial charge in [-0.3, -0.25) is 39.8 Å². The molecule has 12 nitrogen and oxygen atoms in total. The summed E-state index contributed by atoms with van der Waals surface area (Å²) >= 11 is 0. The summed E-state index contributed by atoms with van der Waals surface area (Å²) in [5.41, 5.74) is 16.9. The Kier molecular flexibility index (Phi) is 39.2. The van der Waals surface area contributed by atoms with Crippen LogP contribution in [0.3, 0.4) is 0 Å². The molecule has 13 heteroatoms. The SMILES string of the molecule is C.C.CC(C)c1ccnc(C(C)(C)C)c1.CC(C)c1ccnc(C(C)(C)O)c1.CC(C)c1ccnc(C(C)(C)S(C)(=O)=O)c1.CC(C)c1ccnc(C(C)C)c1.CC(C)c1ccnc(C(C)N2CCOCC2)c1.CCc1cc(C(C)C)ccn1.Cc1cc(C(C)C)cc(C)n1. The molecule has 1 unspecified atom stereocenters. The molecule has 95 heavy (non-hydrogen) atoms. The molecule has 0 aliphatic carbocycles. The van der Waals surface area contributed by atoms with Gasteiger partial charge in [0, 0.05) is 96.5 Å². The molecule has 1 fully saturated rings. The summed E-state index contributed by atoms with van der Waals surface area (Å²) in [5.74, 6) is 4.35. The maximum atomic E-state index is 11.7. The van der Waals surface area contributed by atoms with E-state index >= 15 is 0 Å². The van der Waals surface area contributed by atoms with E-state index in [0.29, 0.717) is 59.1 Å². The number of nitrogens with zero attached hydrogens (tertiary/aromatic N) is 8. The van der Waals surface area contributed by atoms with Crippen LogP contribution >= 0.6 is 0 Å². The van der Waals surface area contributed by atoms with Crippen molar-refractivity contribution in [2.45, 2.75) is 277 Å². The summed E-state index contributed by atoms with van der Waals surface area (Å²) in [7, 11) is -3.16. The third-order valence-corrected chi connectivity index (χ3v) is 18.6. The summed E-state index contributed by atoms with van der Waals surface area (Å²) < 4.78 is 27.8. The first kappa shape index (κ1) is 88.9. The van der Waals surface area contributed by atoms with Crippen LogP contribution in [0.1, 0.15) is 326 Å². The zero-order valence-electron chi connectivity index (χ0n) is 62.9. The first-order chi connectivity index (χ1) is 43.1. The third-order valence-electron chi connectivity index (χ3n) is 16.5. The number of sulfone groups is 1. The fourth-order valence-corrected chi connectivity index (χ4v) is 9.77. The van der Waals surface area contributed by atoms with Crippen LogP contribution in [-0.2, 0) is 36.8 Å². The Labute approximate surface area is 581 Å². The fraction of sp³-hybridized carbons (Fsp3) is 0.573. The lowest BCUT2D eigenvalue weighted by atomic mass is 9.89. The number of aromatic nitrogens is 7. The molecular weight excluding hydrogens is 1190 g/mol. The van der Waals surface area contributed by atoms with Gasteiger partial charge < -0.3 is 9.84 Å². The topological polar surface area (TPSA) is 157 Å². The van der Waals surface area contributed by atoms with E-state index in [1.54, 1.807) is 40.1 Å². The number of aryl methyl sites for hydroxylation is 3. The first-order valence-corrected chi connectivity index (χ1v) is 35.9. The quantitative estimate of drug-likeness (QED) is 0.110. The second kappa shape index (κ2) is 41.9. The Morgan fingerprint density at radius 1 is 0.442 bits per heavy atom. The molecule has 0 saturated carbocycles. The highest BCUT2D eigenvalue weighted by atomic mass is 32.2. The van der Waals surface area contributed by atoms with Crippen LogP contribution in [0.5, 0.6) is 0 Å². The molecule has 530 valence electrons. The Balaban J connectivity index is 0.00000109. The molecule has 7 aromatic heterocycles. The minimum atomic E-state index is -3.16. The molecule has 1 aliphatic heterocycles. The molecular formula is C82H132N8O4S. The fourth-order valence-electron chi connectivity index (χ4n) is 9.28. The lowest BCUT2D eigenvalue weighted by Gasteiger charge is -2.32. The van der Waals surface area contributed by atoms with Crippen molar-refractivity contribution in [3.8, 4) is 0 Å². The summed E-state index contributed by atoms with van der Waals surface area (Å²) in [6.45, 7) is 60.4. The molecule has 0 spiro atoms. The van der Waals surface area contributed by atoms with E-state index in [0.717, 1.165) is 55.4 Å². The Bertz CT molecular complexity index is 3280. The predicted octanol–water partition coefficient (Wildman–Crippen LogP) is 21.2. The molecule has 8 heterocycles. The van der Waals surface area contributed by atoms with Gasteiger partial charge in [0.15, 0.2) is 9.84 Å². The first-order valence-electron chi connectivity index (χ1n) is 34.0. The summed E-state index contributed by atoms with van der Waals surface area (Å²) in [4.78, 5) is 32.5. The van der Waals surface area contributed by atoms with Gasteiger partial charge >= 0.3 is 0 Å². The van der Waals surface area contributed by atoms with Crippen LogP contribution in [0, 0.1) is 13.8 Å². The molecule has 1 N–H and O–H groups in total. The highest BCUT2D eigenvalue weighted by Crippen LogP contribution is 2.30. The number of morpholine rings is 1. The number of ether oxygens (including phenoxy) is 1. The van der Waals surface area contributed by atoms with E-state index in [1.165, 1.54) is 62.4 Å². The van der Waals surface area contributed by atoms with Gasteiger partial charge in [-0.25, -0.2) is 8.42 Å².